The average Bonchev–Trinajstić information content (AvgIpc) is 2.89. The van der Waals surface area contributed by atoms with Crippen molar-refractivity contribution in [2.75, 3.05) is 33.9 Å². The van der Waals surface area contributed by atoms with Crippen LogP contribution in [0.15, 0.2) is 16.0 Å². The highest BCUT2D eigenvalue weighted by atomic mass is 32.1. The number of hydrogen-bond donors (Lipinski definition) is 2. The van der Waals surface area contributed by atoms with E-state index < -0.39 is 0 Å². The molecule has 0 bridgehead atoms. The monoisotopic (exact) mass is 538 g/mol. The molecule has 1 aliphatic heterocycles. The van der Waals surface area contributed by atoms with Gasteiger partial charge in [0.2, 0.25) is 5.90 Å². The average molecular weight is 539 g/mol. The molecule has 0 aromatic carbocycles. The fourth-order valence-electron chi connectivity index (χ4n) is 5.53. The Hall–Kier alpha value is -0.850. The fraction of sp³-hybridized carbons (Fsp3) is 0.871. The highest BCUT2D eigenvalue weighted by Crippen LogP contribution is 2.26. The van der Waals surface area contributed by atoms with E-state index in [9.17, 15) is 0 Å². The van der Waals surface area contributed by atoms with Crippen LogP contribution in [0.3, 0.4) is 0 Å². The van der Waals surface area contributed by atoms with Crippen molar-refractivity contribution in [3.63, 3.8) is 0 Å². The van der Waals surface area contributed by atoms with Gasteiger partial charge in [0.1, 0.15) is 12.3 Å². The number of quaternary nitrogens is 1. The van der Waals surface area contributed by atoms with E-state index in [4.69, 9.17) is 14.9 Å². The van der Waals surface area contributed by atoms with Crippen molar-refractivity contribution >= 4 is 24.4 Å². The third-order valence-corrected chi connectivity index (χ3v) is 8.15. The van der Waals surface area contributed by atoms with Gasteiger partial charge in [0, 0.05) is 25.5 Å². The van der Waals surface area contributed by atoms with Crippen LogP contribution in [0.25, 0.3) is 0 Å². The molecule has 1 aliphatic rings. The second-order valence-electron chi connectivity index (χ2n) is 11.3. The van der Waals surface area contributed by atoms with Crippen molar-refractivity contribution < 1.29 is 14.0 Å². The molecule has 0 spiro atoms. The van der Waals surface area contributed by atoms with Gasteiger partial charge in [-0.1, -0.05) is 116 Å². The van der Waals surface area contributed by atoms with E-state index in [-0.39, 0.29) is 12.1 Å². The Bertz CT molecular complexity index is 652. The van der Waals surface area contributed by atoms with E-state index in [1.165, 1.54) is 96.3 Å². The highest BCUT2D eigenvalue weighted by molar-refractivity contribution is 7.79. The van der Waals surface area contributed by atoms with Gasteiger partial charge in [0.15, 0.2) is 6.23 Å². The molecule has 0 amide bonds. The number of hydrogen-bond acceptors (Lipinski definition) is 5. The summed E-state index contributed by atoms with van der Waals surface area (Å²) in [6.45, 7) is 6.91. The molecule has 1 heterocycles. The van der Waals surface area contributed by atoms with Crippen LogP contribution in [0, 0.1) is 5.41 Å². The normalized spacial score (nSPS) is 19.1. The minimum atomic E-state index is 0.150. The maximum atomic E-state index is 8.43. The quantitative estimate of drug-likeness (QED) is 0.0448. The number of unbranched alkanes of at least 4 members (excludes halogenated alkanes) is 15. The second kappa shape index (κ2) is 22.0. The first-order valence-electron chi connectivity index (χ1n) is 15.5. The molecule has 5 nitrogen and oxygen atoms in total. The first kappa shape index (κ1) is 34.2. The van der Waals surface area contributed by atoms with Crippen LogP contribution < -0.4 is 0 Å². The molecule has 0 saturated heterocycles. The summed E-state index contributed by atoms with van der Waals surface area (Å²) in [7, 11) is 4.14. The molecule has 2 unspecified atom stereocenters. The van der Waals surface area contributed by atoms with Crippen LogP contribution in [0.2, 0.25) is 0 Å². The van der Waals surface area contributed by atoms with Gasteiger partial charge in [-0.15, -0.1) is 0 Å². The number of ether oxygens (including phenoxy) is 2. The predicted molar refractivity (Wildman–Crippen MR) is 164 cm³/mol. The van der Waals surface area contributed by atoms with Crippen LogP contribution in [0.5, 0.6) is 0 Å². The van der Waals surface area contributed by atoms with Crippen molar-refractivity contribution in [2.24, 2.45) is 4.40 Å². The molecule has 0 fully saturated rings. The van der Waals surface area contributed by atoms with Crippen LogP contribution in [-0.2, 0) is 9.47 Å². The summed E-state index contributed by atoms with van der Waals surface area (Å²) in [5, 5.41) is 8.43. The maximum Gasteiger partial charge on any atom is 0.233 e. The minimum absolute atomic E-state index is 0.150. The van der Waals surface area contributed by atoms with Crippen molar-refractivity contribution in [2.45, 2.75) is 142 Å². The largest absolute Gasteiger partial charge is 0.477 e. The minimum Gasteiger partial charge on any atom is -0.477 e. The molecule has 0 saturated carbocycles. The van der Waals surface area contributed by atoms with E-state index in [1.54, 1.807) is 0 Å². The highest BCUT2D eigenvalue weighted by Gasteiger charge is 2.37. The van der Waals surface area contributed by atoms with Gasteiger partial charge in [-0.25, -0.2) is 4.40 Å². The van der Waals surface area contributed by atoms with Crippen LogP contribution in [0.4, 0.5) is 0 Å². The Kier molecular flexibility index (Phi) is 20.3. The molecule has 216 valence electrons. The molecule has 0 aliphatic carbocycles. The lowest BCUT2D eigenvalue weighted by Crippen LogP contribution is -2.56. The molecular weight excluding hydrogens is 478 g/mol. The van der Waals surface area contributed by atoms with E-state index in [1.807, 2.05) is 7.11 Å². The molecule has 1 rings (SSSR count). The van der Waals surface area contributed by atoms with Crippen molar-refractivity contribution in [1.82, 2.24) is 0 Å². The lowest BCUT2D eigenvalue weighted by molar-refractivity contribution is -0.951. The van der Waals surface area contributed by atoms with Crippen LogP contribution >= 0.6 is 12.8 Å². The third kappa shape index (κ3) is 14.8. The van der Waals surface area contributed by atoms with E-state index in [0.29, 0.717) is 12.3 Å². The lowest BCUT2D eigenvalue weighted by Gasteiger charge is -2.43. The zero-order valence-electron chi connectivity index (χ0n) is 24.9. The summed E-state index contributed by atoms with van der Waals surface area (Å²) in [5.41, 5.74) is 1.65. The molecule has 2 atom stereocenters. The fourth-order valence-corrected chi connectivity index (χ4v) is 5.75. The summed E-state index contributed by atoms with van der Waals surface area (Å²) < 4.78 is 16.7. The number of rotatable bonds is 23. The summed E-state index contributed by atoms with van der Waals surface area (Å²) >= 11 is 4.20. The van der Waals surface area contributed by atoms with E-state index in [0.717, 1.165) is 48.8 Å². The topological polar surface area (TPSA) is 54.7 Å². The Labute approximate surface area is 235 Å². The molecule has 6 heteroatoms. The molecular formula is C31H60N3O2S+. The third-order valence-electron chi connectivity index (χ3n) is 7.95. The summed E-state index contributed by atoms with van der Waals surface area (Å²) in [6, 6.07) is 0. The second-order valence-corrected chi connectivity index (χ2v) is 11.5. The Morgan fingerprint density at radius 1 is 0.892 bits per heavy atom. The van der Waals surface area contributed by atoms with Crippen LogP contribution in [0.1, 0.15) is 136 Å². The SMILES string of the molecule is CCCCCCCCCCCCCCCC(OC)[N+]1(C)CCC=C(/C(=N/S)C(=N)OCCCCCC)C1. The van der Waals surface area contributed by atoms with Gasteiger partial charge >= 0.3 is 0 Å². The van der Waals surface area contributed by atoms with Gasteiger partial charge < -0.3 is 9.47 Å². The molecule has 1 N–H and O–H groups in total. The Balaban J connectivity index is 2.33. The number of likely N-dealkylation sites (N-methyl/N-ethyl adjacent to an activating group) is 1. The summed E-state index contributed by atoms with van der Waals surface area (Å²) in [4.78, 5) is 0. The first-order chi connectivity index (χ1) is 18.0. The van der Waals surface area contributed by atoms with E-state index in [2.05, 4.69) is 44.2 Å². The first-order valence-corrected chi connectivity index (χ1v) is 15.9. The molecule has 0 radical (unpaired) electrons. The lowest BCUT2D eigenvalue weighted by atomic mass is 10.0. The van der Waals surface area contributed by atoms with Crippen LogP contribution in [-0.4, -0.2) is 56.2 Å². The molecule has 37 heavy (non-hydrogen) atoms. The number of nitrogens with zero attached hydrogens (tertiary/aromatic N) is 2. The number of nitrogens with one attached hydrogen (secondary N) is 1. The van der Waals surface area contributed by atoms with Crippen molar-refractivity contribution in [3.8, 4) is 0 Å². The van der Waals surface area contributed by atoms with Gasteiger partial charge in [-0.05, 0) is 25.7 Å². The number of methoxy groups -OCH3 is 1. The maximum absolute atomic E-state index is 8.43. The standard InChI is InChI=1S/C31H59N3O2S/c1-5-7-9-11-12-13-14-15-16-17-18-19-20-24-29(35-4)34(3)25-22-23-28(27-34)30(33-37)31(32)36-26-21-10-8-6-2/h23,29,32H,5-22,24-27H2,1-4H3/p+1/b32-31?,33-30-. The van der Waals surface area contributed by atoms with Crippen molar-refractivity contribution in [1.29, 1.82) is 5.41 Å². The van der Waals surface area contributed by atoms with Crippen molar-refractivity contribution in [3.05, 3.63) is 11.6 Å². The van der Waals surface area contributed by atoms with Gasteiger partial charge in [0.25, 0.3) is 0 Å². The predicted octanol–water partition coefficient (Wildman–Crippen LogP) is 9.08. The number of thiol groups is 1. The Morgan fingerprint density at radius 2 is 1.41 bits per heavy atom. The zero-order chi connectivity index (χ0) is 27.2. The van der Waals surface area contributed by atoms with Gasteiger partial charge in [-0.2, -0.15) is 0 Å². The van der Waals surface area contributed by atoms with Gasteiger partial charge in [0.05, 0.1) is 20.2 Å². The zero-order valence-corrected chi connectivity index (χ0v) is 25.8. The van der Waals surface area contributed by atoms with Gasteiger partial charge in [-0.3, -0.25) is 9.89 Å². The smallest absolute Gasteiger partial charge is 0.233 e. The summed E-state index contributed by atoms with van der Waals surface area (Å²) in [6.07, 6.45) is 26.8. The molecule has 0 aromatic heterocycles. The molecule has 0 aromatic rings. The van der Waals surface area contributed by atoms with E-state index >= 15 is 0 Å². The summed E-state index contributed by atoms with van der Waals surface area (Å²) in [5.74, 6) is 0.150. The Morgan fingerprint density at radius 3 is 1.92 bits per heavy atom.